The number of rotatable bonds is 2. The van der Waals surface area contributed by atoms with Crippen molar-refractivity contribution in [2.24, 2.45) is 0 Å². The monoisotopic (exact) mass is 318 g/mol. The van der Waals surface area contributed by atoms with Crippen molar-refractivity contribution in [3.8, 4) is 11.1 Å². The van der Waals surface area contributed by atoms with E-state index in [4.69, 9.17) is 0 Å². The maximum absolute atomic E-state index is 2.44. The highest BCUT2D eigenvalue weighted by Gasteiger charge is 2.26. The summed E-state index contributed by atoms with van der Waals surface area (Å²) < 4.78 is 0. The fourth-order valence-electron chi connectivity index (χ4n) is 3.63. The van der Waals surface area contributed by atoms with E-state index < -0.39 is 10.0 Å². The van der Waals surface area contributed by atoms with Crippen molar-refractivity contribution in [1.82, 2.24) is 0 Å². The molecule has 2 aromatic rings. The molecule has 1 heterocycles. The van der Waals surface area contributed by atoms with Crippen molar-refractivity contribution in [1.29, 1.82) is 0 Å². The maximum Gasteiger partial charge on any atom is -0.000611 e. The Bertz CT molecular complexity index is 864. The van der Waals surface area contributed by atoms with Gasteiger partial charge in [0, 0.05) is 0 Å². The Hall–Kier alpha value is -1.99. The Kier molecular flexibility index (Phi) is 3.35. The van der Waals surface area contributed by atoms with Crippen molar-refractivity contribution < 1.29 is 0 Å². The molecule has 4 rings (SSSR count). The molecule has 0 saturated heterocycles. The van der Waals surface area contributed by atoms with E-state index in [2.05, 4.69) is 85.5 Å². The lowest BCUT2D eigenvalue weighted by Gasteiger charge is -2.28. The first-order chi connectivity index (χ1) is 11.1. The van der Waals surface area contributed by atoms with Crippen LogP contribution in [0.2, 0.25) is 0 Å². The summed E-state index contributed by atoms with van der Waals surface area (Å²) in [7, 11) is -0.766. The molecule has 2 aliphatic rings. The molecule has 1 aliphatic heterocycles. The van der Waals surface area contributed by atoms with Gasteiger partial charge in [0.15, 0.2) is 0 Å². The quantitative estimate of drug-likeness (QED) is 0.629. The van der Waals surface area contributed by atoms with Gasteiger partial charge < -0.3 is 0 Å². The molecule has 0 spiro atoms. The van der Waals surface area contributed by atoms with Gasteiger partial charge in [0.2, 0.25) is 0 Å². The van der Waals surface area contributed by atoms with E-state index in [9.17, 15) is 0 Å². The van der Waals surface area contributed by atoms with Crippen LogP contribution in [-0.2, 0) is 6.42 Å². The fraction of sp³-hybridized carbons (Fsp3) is 0.182. The first-order valence-electron chi connectivity index (χ1n) is 8.07. The van der Waals surface area contributed by atoms with Crippen LogP contribution in [0.4, 0.5) is 0 Å². The Balaban J connectivity index is 1.84. The fourth-order valence-corrected chi connectivity index (χ4v) is 5.49. The lowest BCUT2D eigenvalue weighted by molar-refractivity contribution is 1.19. The van der Waals surface area contributed by atoms with Crippen molar-refractivity contribution in [3.05, 3.63) is 87.2 Å². The van der Waals surface area contributed by atoms with Crippen LogP contribution in [-0.4, -0.2) is 12.5 Å². The molecule has 0 unspecified atom stereocenters. The number of fused-ring (bicyclic) bond motifs is 1. The molecule has 2 aromatic carbocycles. The Morgan fingerprint density at radius 1 is 0.957 bits per heavy atom. The summed E-state index contributed by atoms with van der Waals surface area (Å²) in [6.07, 6.45) is 12.8. The van der Waals surface area contributed by atoms with Crippen LogP contribution in [0.5, 0.6) is 0 Å². The molecule has 0 saturated carbocycles. The summed E-state index contributed by atoms with van der Waals surface area (Å²) in [5.74, 6) is 0. The van der Waals surface area contributed by atoms with E-state index >= 15 is 0 Å². The average Bonchev–Trinajstić information content (AvgIpc) is 3.12. The van der Waals surface area contributed by atoms with Gasteiger partial charge in [0.1, 0.15) is 0 Å². The second-order valence-corrected chi connectivity index (χ2v) is 10.3. The number of hydrogen-bond donors (Lipinski definition) is 0. The third kappa shape index (κ3) is 2.40. The van der Waals surface area contributed by atoms with E-state index in [1.807, 2.05) is 0 Å². The number of allylic oxidation sites excluding steroid dienone is 3. The summed E-state index contributed by atoms with van der Waals surface area (Å²) in [6, 6.07) is 15.3. The highest BCUT2D eigenvalue weighted by molar-refractivity contribution is 8.38. The number of aryl methyl sites for hydroxylation is 1. The summed E-state index contributed by atoms with van der Waals surface area (Å²) in [5, 5.41) is 2.39. The molecule has 0 atom stereocenters. The predicted octanol–water partition coefficient (Wildman–Crippen LogP) is 6.08. The lowest BCUT2D eigenvalue weighted by atomic mass is 9.94. The second-order valence-electron chi connectivity index (χ2n) is 6.80. The number of hydrogen-bond acceptors (Lipinski definition) is 0. The van der Waals surface area contributed by atoms with E-state index in [1.165, 1.54) is 33.4 Å². The van der Waals surface area contributed by atoms with Crippen molar-refractivity contribution in [3.63, 3.8) is 0 Å². The first kappa shape index (κ1) is 14.6. The largest absolute Gasteiger partial charge is 0.200 e. The Morgan fingerprint density at radius 3 is 2.43 bits per heavy atom. The van der Waals surface area contributed by atoms with E-state index in [-0.39, 0.29) is 0 Å². The van der Waals surface area contributed by atoms with Crippen molar-refractivity contribution in [2.45, 2.75) is 13.3 Å². The topological polar surface area (TPSA) is 0 Å². The zero-order chi connectivity index (χ0) is 16.0. The van der Waals surface area contributed by atoms with Crippen molar-refractivity contribution >= 4 is 16.1 Å². The van der Waals surface area contributed by atoms with Crippen LogP contribution >= 0.6 is 10.0 Å². The van der Waals surface area contributed by atoms with E-state index in [0.717, 1.165) is 6.42 Å². The summed E-state index contributed by atoms with van der Waals surface area (Å²) in [6.45, 7) is 2.24. The smallest absolute Gasteiger partial charge is 0.000611 e. The summed E-state index contributed by atoms with van der Waals surface area (Å²) >= 11 is 0. The molecule has 0 nitrogen and oxygen atoms in total. The molecule has 0 bridgehead atoms. The molecule has 0 fully saturated rings. The highest BCUT2D eigenvalue weighted by atomic mass is 32.3. The van der Waals surface area contributed by atoms with Crippen LogP contribution in [0.15, 0.2) is 70.5 Å². The SMILES string of the molecule is Cc1ccc(-c2ccccc2)c2c1CC(C1=CC=CS1(C)C)=C2. The molecule has 23 heavy (non-hydrogen) atoms. The van der Waals surface area contributed by atoms with Gasteiger partial charge in [-0.15, -0.1) is 0 Å². The Morgan fingerprint density at radius 2 is 1.74 bits per heavy atom. The molecule has 0 radical (unpaired) electrons. The van der Waals surface area contributed by atoms with Gasteiger partial charge >= 0.3 is 0 Å². The van der Waals surface area contributed by atoms with Gasteiger partial charge in [-0.25, -0.2) is 0 Å². The minimum absolute atomic E-state index is 0.766. The van der Waals surface area contributed by atoms with Crippen LogP contribution in [0.25, 0.3) is 17.2 Å². The van der Waals surface area contributed by atoms with E-state index in [0.29, 0.717) is 0 Å². The molecule has 0 aromatic heterocycles. The van der Waals surface area contributed by atoms with Crippen LogP contribution in [0.1, 0.15) is 16.7 Å². The summed E-state index contributed by atoms with van der Waals surface area (Å²) in [5.41, 5.74) is 8.52. The molecule has 1 heteroatoms. The van der Waals surface area contributed by atoms with Gasteiger partial charge in [0.05, 0.1) is 0 Å². The summed E-state index contributed by atoms with van der Waals surface area (Å²) in [4.78, 5) is 1.55. The lowest BCUT2D eigenvalue weighted by Crippen LogP contribution is -1.97. The molecule has 1 aliphatic carbocycles. The zero-order valence-corrected chi connectivity index (χ0v) is 14.8. The molecule has 0 N–H and O–H groups in total. The normalized spacial score (nSPS) is 19.3. The molecular weight excluding hydrogens is 296 g/mol. The van der Waals surface area contributed by atoms with Crippen molar-refractivity contribution in [2.75, 3.05) is 12.5 Å². The van der Waals surface area contributed by atoms with Gasteiger partial charge in [-0.05, 0) is 81.7 Å². The molecule has 0 amide bonds. The highest BCUT2D eigenvalue weighted by Crippen LogP contribution is 2.58. The average molecular weight is 318 g/mol. The maximum atomic E-state index is 2.44. The van der Waals surface area contributed by atoms with Gasteiger partial charge in [-0.3, -0.25) is 0 Å². The minimum atomic E-state index is -0.766. The standard InChI is InChI=1S/C22H22S/c1-16-11-12-19(17-8-5-4-6-9-17)21-15-18(14-20(16)21)22-10-7-13-23(22,2)3/h4-13,15H,14H2,1-3H3. The van der Waals surface area contributed by atoms with Crippen LogP contribution in [0, 0.1) is 6.92 Å². The van der Waals surface area contributed by atoms with E-state index in [1.54, 1.807) is 4.91 Å². The van der Waals surface area contributed by atoms with Crippen LogP contribution in [0.3, 0.4) is 0 Å². The third-order valence-electron chi connectivity index (χ3n) is 4.91. The minimum Gasteiger partial charge on any atom is -0.200 e. The number of benzene rings is 2. The predicted molar refractivity (Wildman–Crippen MR) is 105 cm³/mol. The second kappa shape index (κ2) is 5.28. The van der Waals surface area contributed by atoms with Gasteiger partial charge in [-0.2, -0.15) is 10.0 Å². The van der Waals surface area contributed by atoms with Gasteiger partial charge in [-0.1, -0.05) is 48.5 Å². The molecule has 116 valence electrons. The van der Waals surface area contributed by atoms with Gasteiger partial charge in [0.25, 0.3) is 0 Å². The van der Waals surface area contributed by atoms with Crippen LogP contribution < -0.4 is 0 Å². The third-order valence-corrected chi connectivity index (χ3v) is 7.28. The Labute approximate surface area is 140 Å². The zero-order valence-electron chi connectivity index (χ0n) is 14.0. The first-order valence-corrected chi connectivity index (χ1v) is 10.6. The molecular formula is C22H22S.